The first-order chi connectivity index (χ1) is 11.7. The average Bonchev–Trinajstić information content (AvgIpc) is 2.61. The van der Waals surface area contributed by atoms with E-state index in [9.17, 15) is 14.5 Å². The number of amides is 1. The van der Waals surface area contributed by atoms with Crippen molar-refractivity contribution in [2.45, 2.75) is 77.6 Å². The van der Waals surface area contributed by atoms with Gasteiger partial charge in [0.15, 0.2) is 5.78 Å². The molecule has 1 amide bonds. The zero-order valence-corrected chi connectivity index (χ0v) is 14.8. The fourth-order valence-electron chi connectivity index (χ4n) is 2.72. The number of hydrogen-bond acceptors (Lipinski definition) is 3. The van der Waals surface area contributed by atoms with Crippen LogP contribution < -0.4 is 0 Å². The molecule has 0 N–H and O–H groups in total. The molecule has 0 saturated heterocycles. The SMILES string of the molecule is CCCCCCCCc1ccc(C(=O)CCCCC(=O)N=O)cc1. The van der Waals surface area contributed by atoms with Gasteiger partial charge in [-0.3, -0.25) is 9.59 Å². The van der Waals surface area contributed by atoms with Gasteiger partial charge in [-0.15, -0.1) is 4.91 Å². The minimum atomic E-state index is -0.638. The molecule has 0 unspecified atom stereocenters. The van der Waals surface area contributed by atoms with Crippen molar-refractivity contribution < 1.29 is 9.59 Å². The quantitative estimate of drug-likeness (QED) is 0.267. The summed E-state index contributed by atoms with van der Waals surface area (Å²) >= 11 is 0. The molecule has 0 saturated carbocycles. The van der Waals surface area contributed by atoms with Crippen LogP contribution in [-0.4, -0.2) is 11.7 Å². The van der Waals surface area contributed by atoms with E-state index in [0.717, 1.165) is 12.0 Å². The first-order valence-electron chi connectivity index (χ1n) is 9.15. The van der Waals surface area contributed by atoms with Crippen LogP contribution in [-0.2, 0) is 11.2 Å². The van der Waals surface area contributed by atoms with Gasteiger partial charge in [0.2, 0.25) is 0 Å². The van der Waals surface area contributed by atoms with Gasteiger partial charge in [-0.25, -0.2) is 0 Å². The third-order valence-electron chi connectivity index (χ3n) is 4.24. The summed E-state index contributed by atoms with van der Waals surface area (Å²) in [5.74, 6) is -0.547. The molecule has 4 nitrogen and oxygen atoms in total. The van der Waals surface area contributed by atoms with Crippen LogP contribution in [0.5, 0.6) is 0 Å². The Kier molecular flexibility index (Phi) is 10.6. The van der Waals surface area contributed by atoms with E-state index in [1.54, 1.807) is 0 Å². The second kappa shape index (κ2) is 12.6. The van der Waals surface area contributed by atoms with Gasteiger partial charge in [-0.1, -0.05) is 63.3 Å². The molecule has 0 radical (unpaired) electrons. The Hall–Kier alpha value is -1.84. The highest BCUT2D eigenvalue weighted by atomic mass is 16.3. The smallest absolute Gasteiger partial charge is 0.286 e. The third kappa shape index (κ3) is 8.70. The van der Waals surface area contributed by atoms with E-state index < -0.39 is 5.91 Å². The average molecular weight is 331 g/mol. The predicted molar refractivity (Wildman–Crippen MR) is 97.1 cm³/mol. The van der Waals surface area contributed by atoms with E-state index in [0.29, 0.717) is 19.3 Å². The number of nitroso groups, excluding NO2 is 1. The molecule has 0 bridgehead atoms. The van der Waals surface area contributed by atoms with Crippen LogP contribution in [0.3, 0.4) is 0 Å². The first-order valence-corrected chi connectivity index (χ1v) is 9.15. The Morgan fingerprint density at radius 2 is 1.46 bits per heavy atom. The van der Waals surface area contributed by atoms with Crippen molar-refractivity contribution in [3.63, 3.8) is 0 Å². The summed E-state index contributed by atoms with van der Waals surface area (Å²) in [7, 11) is 0. The van der Waals surface area contributed by atoms with Crippen LogP contribution in [0.25, 0.3) is 0 Å². The highest BCUT2D eigenvalue weighted by Crippen LogP contribution is 2.13. The zero-order valence-electron chi connectivity index (χ0n) is 14.8. The molecular formula is C20H29NO3. The number of carbonyl (C=O) groups is 2. The van der Waals surface area contributed by atoms with Gasteiger partial charge in [-0.2, -0.15) is 0 Å². The summed E-state index contributed by atoms with van der Waals surface area (Å²) in [6, 6.07) is 7.87. The number of rotatable bonds is 13. The van der Waals surface area contributed by atoms with Crippen molar-refractivity contribution >= 4 is 11.7 Å². The number of aryl methyl sites for hydroxylation is 1. The zero-order chi connectivity index (χ0) is 17.6. The Bertz CT molecular complexity index is 508. The van der Waals surface area contributed by atoms with Crippen LogP contribution in [0, 0.1) is 4.91 Å². The highest BCUT2D eigenvalue weighted by Gasteiger charge is 2.07. The normalized spacial score (nSPS) is 10.5. The molecule has 0 fully saturated rings. The topological polar surface area (TPSA) is 63.6 Å². The number of benzene rings is 1. The van der Waals surface area contributed by atoms with E-state index in [1.807, 2.05) is 24.3 Å². The fourth-order valence-corrected chi connectivity index (χ4v) is 2.72. The maximum absolute atomic E-state index is 12.1. The van der Waals surface area contributed by atoms with E-state index in [2.05, 4.69) is 12.1 Å². The lowest BCUT2D eigenvalue weighted by atomic mass is 10.0. The summed E-state index contributed by atoms with van der Waals surface area (Å²) in [5, 5.41) is 2.34. The molecule has 4 heteroatoms. The minimum absolute atomic E-state index is 0.0904. The Labute approximate surface area is 145 Å². The molecule has 0 spiro atoms. The van der Waals surface area contributed by atoms with Crippen molar-refractivity contribution in [3.05, 3.63) is 40.3 Å². The molecule has 1 aromatic rings. The standard InChI is InChI=1S/C20H29NO3/c1-2-3-4-5-6-7-10-17-13-15-18(16-14-17)19(22)11-8-9-12-20(23)21-24/h13-16H,2-12H2,1H3. The Balaban J connectivity index is 2.24. The highest BCUT2D eigenvalue weighted by molar-refractivity contribution is 5.96. The lowest BCUT2D eigenvalue weighted by Crippen LogP contribution is -2.00. The lowest BCUT2D eigenvalue weighted by Gasteiger charge is -2.04. The molecule has 1 rings (SSSR count). The molecule has 0 aromatic heterocycles. The van der Waals surface area contributed by atoms with Crippen LogP contribution in [0.2, 0.25) is 0 Å². The van der Waals surface area contributed by atoms with E-state index in [4.69, 9.17) is 0 Å². The molecule has 1 aromatic carbocycles. The van der Waals surface area contributed by atoms with Crippen LogP contribution in [0.4, 0.5) is 0 Å². The lowest BCUT2D eigenvalue weighted by molar-refractivity contribution is -0.118. The largest absolute Gasteiger partial charge is 0.294 e. The number of carbonyl (C=O) groups excluding carboxylic acids is 2. The maximum atomic E-state index is 12.1. The summed E-state index contributed by atoms with van der Waals surface area (Å²) in [4.78, 5) is 32.8. The summed E-state index contributed by atoms with van der Waals surface area (Å²) in [5.41, 5.74) is 2.01. The van der Waals surface area contributed by atoms with E-state index >= 15 is 0 Å². The van der Waals surface area contributed by atoms with Crippen molar-refractivity contribution in [2.75, 3.05) is 0 Å². The van der Waals surface area contributed by atoms with E-state index in [-0.39, 0.29) is 12.2 Å². The van der Waals surface area contributed by atoms with Gasteiger partial charge in [-0.05, 0) is 31.2 Å². The molecule has 0 aliphatic rings. The second-order valence-electron chi connectivity index (χ2n) is 6.33. The summed E-state index contributed by atoms with van der Waals surface area (Å²) in [6.45, 7) is 2.23. The van der Waals surface area contributed by atoms with Gasteiger partial charge < -0.3 is 0 Å². The van der Waals surface area contributed by atoms with Gasteiger partial charge in [0, 0.05) is 23.6 Å². The molecule has 132 valence electrons. The molecule has 0 heterocycles. The second-order valence-corrected chi connectivity index (χ2v) is 6.33. The third-order valence-corrected chi connectivity index (χ3v) is 4.24. The van der Waals surface area contributed by atoms with Crippen LogP contribution in [0.15, 0.2) is 29.4 Å². The van der Waals surface area contributed by atoms with E-state index in [1.165, 1.54) is 44.1 Å². The Morgan fingerprint density at radius 3 is 2.12 bits per heavy atom. The number of Topliss-reactive ketones (excluding diaryl/α,β-unsaturated/α-hetero) is 1. The molecule has 24 heavy (non-hydrogen) atoms. The van der Waals surface area contributed by atoms with Crippen molar-refractivity contribution in [1.29, 1.82) is 0 Å². The summed E-state index contributed by atoms with van der Waals surface area (Å²) in [6.07, 6.45) is 10.5. The maximum Gasteiger partial charge on any atom is 0.286 e. The predicted octanol–water partition coefficient (Wildman–Crippen LogP) is 5.63. The van der Waals surface area contributed by atoms with Crippen molar-refractivity contribution in [3.8, 4) is 0 Å². The van der Waals surface area contributed by atoms with Crippen molar-refractivity contribution in [2.24, 2.45) is 5.18 Å². The number of ketones is 1. The number of unbranched alkanes of at least 4 members (excludes halogenated alkanes) is 6. The molecule has 0 aliphatic heterocycles. The van der Waals surface area contributed by atoms with Gasteiger partial charge >= 0.3 is 0 Å². The van der Waals surface area contributed by atoms with Crippen LogP contribution in [0.1, 0.15) is 87.1 Å². The van der Waals surface area contributed by atoms with Crippen LogP contribution >= 0.6 is 0 Å². The molecule has 0 atom stereocenters. The van der Waals surface area contributed by atoms with Crippen molar-refractivity contribution in [1.82, 2.24) is 0 Å². The minimum Gasteiger partial charge on any atom is -0.294 e. The number of hydrogen-bond donors (Lipinski definition) is 0. The first kappa shape index (κ1) is 20.2. The van der Waals surface area contributed by atoms with Gasteiger partial charge in [0.1, 0.15) is 0 Å². The Morgan fingerprint density at radius 1 is 0.833 bits per heavy atom. The fraction of sp³-hybridized carbons (Fsp3) is 0.600. The number of nitrogens with zero attached hydrogens (tertiary/aromatic N) is 1. The monoisotopic (exact) mass is 331 g/mol. The van der Waals surface area contributed by atoms with Gasteiger partial charge in [0.25, 0.3) is 5.91 Å². The molecule has 0 aliphatic carbocycles. The summed E-state index contributed by atoms with van der Waals surface area (Å²) < 4.78 is 0. The molecular weight excluding hydrogens is 302 g/mol. The van der Waals surface area contributed by atoms with Gasteiger partial charge in [0.05, 0.1) is 0 Å².